The van der Waals surface area contributed by atoms with Crippen molar-refractivity contribution < 1.29 is 13.2 Å². The first-order valence-electron chi connectivity index (χ1n) is 8.04. The molecule has 3 rings (SSSR count). The zero-order chi connectivity index (χ0) is 17.2. The third kappa shape index (κ3) is 3.37. The number of nitrogens with zero attached hydrogens (tertiary/aromatic N) is 1. The van der Waals surface area contributed by atoms with Crippen LogP contribution in [0.5, 0.6) is 0 Å². The number of H-pyrrole nitrogens is 1. The van der Waals surface area contributed by atoms with Crippen LogP contribution in [0, 0.1) is 6.92 Å². The van der Waals surface area contributed by atoms with Gasteiger partial charge in [-0.15, -0.1) is 0 Å². The van der Waals surface area contributed by atoms with E-state index in [1.807, 2.05) is 31.2 Å². The molecule has 0 atom stereocenters. The van der Waals surface area contributed by atoms with Crippen molar-refractivity contribution in [1.29, 1.82) is 0 Å². The van der Waals surface area contributed by atoms with Crippen LogP contribution in [-0.4, -0.2) is 36.7 Å². The quantitative estimate of drug-likeness (QED) is 0.892. The monoisotopic (exact) mass is 347 g/mol. The summed E-state index contributed by atoms with van der Waals surface area (Å²) in [6.45, 7) is 2.98. The highest BCUT2D eigenvalue weighted by atomic mass is 32.2. The molecular formula is C17H21N3O3S. The second-order valence-corrected chi connectivity index (χ2v) is 7.92. The number of para-hydroxylation sites is 1. The van der Waals surface area contributed by atoms with Gasteiger partial charge in [0.05, 0.1) is 0 Å². The number of hydrogen-bond donors (Lipinski definition) is 2. The molecule has 2 heterocycles. The lowest BCUT2D eigenvalue weighted by Crippen LogP contribution is -2.35. The third-order valence-corrected chi connectivity index (χ3v) is 6.12. The maximum absolute atomic E-state index is 12.6. The van der Waals surface area contributed by atoms with Crippen LogP contribution >= 0.6 is 0 Å². The highest BCUT2D eigenvalue weighted by Gasteiger charge is 2.27. The minimum Gasteiger partial charge on any atom is -0.356 e. The molecule has 0 radical (unpaired) electrons. The SMILES string of the molecule is Cc1ccccc1NC(=O)c1cc(S(=O)(=O)N2CCCCC2)c[nH]1. The average molecular weight is 347 g/mol. The maximum Gasteiger partial charge on any atom is 0.272 e. The Labute approximate surface area is 141 Å². The van der Waals surface area contributed by atoms with Crippen LogP contribution < -0.4 is 5.32 Å². The lowest BCUT2D eigenvalue weighted by atomic mass is 10.2. The van der Waals surface area contributed by atoms with Gasteiger partial charge in [0.1, 0.15) is 10.6 Å². The molecule has 0 unspecified atom stereocenters. The molecule has 2 aromatic rings. The van der Waals surface area contributed by atoms with Crippen LogP contribution in [0.25, 0.3) is 0 Å². The van der Waals surface area contributed by atoms with Gasteiger partial charge < -0.3 is 10.3 Å². The Bertz CT molecular complexity index is 836. The summed E-state index contributed by atoms with van der Waals surface area (Å²) >= 11 is 0. The summed E-state index contributed by atoms with van der Waals surface area (Å²) in [4.78, 5) is 15.2. The minimum atomic E-state index is -3.53. The number of aryl methyl sites for hydroxylation is 1. The van der Waals surface area contributed by atoms with Crippen LogP contribution in [0.15, 0.2) is 41.4 Å². The van der Waals surface area contributed by atoms with Gasteiger partial charge in [0.25, 0.3) is 5.91 Å². The first kappa shape index (κ1) is 16.7. The number of sulfonamides is 1. The van der Waals surface area contributed by atoms with E-state index in [9.17, 15) is 13.2 Å². The Balaban J connectivity index is 1.77. The molecule has 6 nitrogen and oxygen atoms in total. The summed E-state index contributed by atoms with van der Waals surface area (Å²) < 4.78 is 26.7. The molecule has 0 saturated carbocycles. The van der Waals surface area contributed by atoms with Gasteiger partial charge in [-0.1, -0.05) is 24.6 Å². The number of piperidine rings is 1. The van der Waals surface area contributed by atoms with Crippen LogP contribution in [-0.2, 0) is 10.0 Å². The van der Waals surface area contributed by atoms with Gasteiger partial charge in [-0.3, -0.25) is 4.79 Å². The summed E-state index contributed by atoms with van der Waals surface area (Å²) in [5, 5.41) is 2.79. The van der Waals surface area contributed by atoms with Crippen molar-refractivity contribution in [3.63, 3.8) is 0 Å². The topological polar surface area (TPSA) is 82.3 Å². The van der Waals surface area contributed by atoms with Crippen LogP contribution in [0.1, 0.15) is 35.3 Å². The van der Waals surface area contributed by atoms with E-state index in [0.29, 0.717) is 18.8 Å². The number of rotatable bonds is 4. The molecule has 0 aliphatic carbocycles. The summed E-state index contributed by atoms with van der Waals surface area (Å²) in [5.41, 5.74) is 1.88. The molecule has 1 saturated heterocycles. The number of aromatic amines is 1. The second-order valence-electron chi connectivity index (χ2n) is 5.98. The first-order valence-corrected chi connectivity index (χ1v) is 9.48. The Morgan fingerprint density at radius 3 is 2.58 bits per heavy atom. The number of amides is 1. The van der Waals surface area contributed by atoms with Crippen molar-refractivity contribution in [2.75, 3.05) is 18.4 Å². The molecule has 1 fully saturated rings. The van der Waals surface area contributed by atoms with Gasteiger partial charge in [0, 0.05) is 25.0 Å². The number of carbonyl (C=O) groups excluding carboxylic acids is 1. The van der Waals surface area contributed by atoms with Gasteiger partial charge in [-0.05, 0) is 37.5 Å². The number of anilines is 1. The van der Waals surface area contributed by atoms with Crippen molar-refractivity contribution in [2.24, 2.45) is 0 Å². The largest absolute Gasteiger partial charge is 0.356 e. The van der Waals surface area contributed by atoms with Crippen LogP contribution in [0.4, 0.5) is 5.69 Å². The van der Waals surface area contributed by atoms with E-state index in [2.05, 4.69) is 10.3 Å². The molecule has 1 aromatic carbocycles. The van der Waals surface area contributed by atoms with E-state index in [4.69, 9.17) is 0 Å². The standard InChI is InChI=1S/C17H21N3O3S/c1-13-7-3-4-8-15(13)19-17(21)16-11-14(12-18-16)24(22,23)20-9-5-2-6-10-20/h3-4,7-8,11-12,18H,2,5-6,9-10H2,1H3,(H,19,21). The van der Waals surface area contributed by atoms with Gasteiger partial charge in [0.2, 0.25) is 10.0 Å². The first-order chi connectivity index (χ1) is 11.5. The summed E-state index contributed by atoms with van der Waals surface area (Å²) in [6.07, 6.45) is 4.20. The predicted molar refractivity (Wildman–Crippen MR) is 92.5 cm³/mol. The van der Waals surface area contributed by atoms with E-state index in [1.54, 1.807) is 0 Å². The molecule has 2 N–H and O–H groups in total. The van der Waals surface area contributed by atoms with E-state index in [-0.39, 0.29) is 16.5 Å². The lowest BCUT2D eigenvalue weighted by molar-refractivity contribution is 0.102. The number of carbonyl (C=O) groups is 1. The smallest absolute Gasteiger partial charge is 0.272 e. The highest BCUT2D eigenvalue weighted by molar-refractivity contribution is 7.89. The van der Waals surface area contributed by atoms with E-state index >= 15 is 0 Å². The lowest BCUT2D eigenvalue weighted by Gasteiger charge is -2.25. The van der Waals surface area contributed by atoms with Gasteiger partial charge in [-0.25, -0.2) is 8.42 Å². The Kier molecular flexibility index (Phi) is 4.73. The fourth-order valence-corrected chi connectivity index (χ4v) is 4.32. The summed E-state index contributed by atoms with van der Waals surface area (Å²) in [6, 6.07) is 8.84. The predicted octanol–water partition coefficient (Wildman–Crippen LogP) is 2.75. The molecule has 0 bridgehead atoms. The fraction of sp³-hybridized carbons (Fsp3) is 0.353. The average Bonchev–Trinajstić information content (AvgIpc) is 3.09. The fourth-order valence-electron chi connectivity index (χ4n) is 2.81. The highest BCUT2D eigenvalue weighted by Crippen LogP contribution is 2.22. The number of nitrogens with one attached hydrogen (secondary N) is 2. The van der Waals surface area contributed by atoms with Gasteiger partial charge >= 0.3 is 0 Å². The second kappa shape index (κ2) is 6.78. The van der Waals surface area contributed by atoms with Crippen LogP contribution in [0.3, 0.4) is 0 Å². The molecule has 24 heavy (non-hydrogen) atoms. The Morgan fingerprint density at radius 2 is 1.88 bits per heavy atom. The molecule has 1 amide bonds. The van der Waals surface area contributed by atoms with Crippen LogP contribution in [0.2, 0.25) is 0 Å². The van der Waals surface area contributed by atoms with Crippen molar-refractivity contribution in [1.82, 2.24) is 9.29 Å². The van der Waals surface area contributed by atoms with Crippen molar-refractivity contribution in [3.05, 3.63) is 47.8 Å². The zero-order valence-electron chi connectivity index (χ0n) is 13.6. The third-order valence-electron chi connectivity index (χ3n) is 4.25. The minimum absolute atomic E-state index is 0.138. The van der Waals surface area contributed by atoms with Gasteiger partial charge in [0.15, 0.2) is 0 Å². The molecule has 1 aromatic heterocycles. The number of aromatic nitrogens is 1. The Morgan fingerprint density at radius 1 is 1.17 bits per heavy atom. The van der Waals surface area contributed by atoms with Crippen molar-refractivity contribution in [3.8, 4) is 0 Å². The summed E-state index contributed by atoms with van der Waals surface area (Å²) in [7, 11) is -3.53. The van der Waals surface area contributed by atoms with Crippen molar-refractivity contribution in [2.45, 2.75) is 31.1 Å². The molecule has 1 aliphatic rings. The normalized spacial score (nSPS) is 16.0. The molecule has 0 spiro atoms. The van der Waals surface area contributed by atoms with E-state index < -0.39 is 10.0 Å². The van der Waals surface area contributed by atoms with Crippen molar-refractivity contribution >= 4 is 21.6 Å². The molecular weight excluding hydrogens is 326 g/mol. The number of hydrogen-bond acceptors (Lipinski definition) is 3. The Hall–Kier alpha value is -2.12. The van der Waals surface area contributed by atoms with E-state index in [0.717, 1.165) is 24.8 Å². The molecule has 1 aliphatic heterocycles. The van der Waals surface area contributed by atoms with E-state index in [1.165, 1.54) is 16.6 Å². The zero-order valence-corrected chi connectivity index (χ0v) is 14.4. The van der Waals surface area contributed by atoms with Gasteiger partial charge in [-0.2, -0.15) is 4.31 Å². The molecule has 128 valence electrons. The maximum atomic E-state index is 12.6. The summed E-state index contributed by atoms with van der Waals surface area (Å²) in [5.74, 6) is -0.357. The molecule has 7 heteroatoms. The number of benzene rings is 1.